The number of hydrogen-bond acceptors (Lipinski definition) is 4. The highest BCUT2D eigenvalue weighted by Gasteiger charge is 1.99. The van der Waals surface area contributed by atoms with Crippen LogP contribution < -0.4 is 15.8 Å². The lowest BCUT2D eigenvalue weighted by atomic mass is 10.1. The molecule has 4 nitrogen and oxygen atoms in total. The van der Waals surface area contributed by atoms with Gasteiger partial charge in [0.1, 0.15) is 5.75 Å². The first-order chi connectivity index (χ1) is 9.21. The van der Waals surface area contributed by atoms with E-state index in [0.29, 0.717) is 12.2 Å². The number of nitrogen functional groups attached to an aromatic ring is 1. The third-order valence-electron chi connectivity index (χ3n) is 2.87. The molecular weight excluding hydrogens is 240 g/mol. The summed E-state index contributed by atoms with van der Waals surface area (Å²) < 4.78 is 5.17. The van der Waals surface area contributed by atoms with Gasteiger partial charge in [-0.1, -0.05) is 24.3 Å². The van der Waals surface area contributed by atoms with Crippen LogP contribution in [-0.4, -0.2) is 12.2 Å². The zero-order chi connectivity index (χ0) is 13.7. The predicted molar refractivity (Wildman–Crippen MR) is 77.1 cm³/mol. The Morgan fingerprint density at radius 2 is 1.79 bits per heavy atom. The van der Waals surface area contributed by atoms with Crippen molar-refractivity contribution in [1.82, 2.24) is 0 Å². The molecule has 2 aromatic rings. The number of ether oxygens (including phenoxy) is 1. The van der Waals surface area contributed by atoms with Gasteiger partial charge in [-0.05, 0) is 17.2 Å². The number of benzene rings is 2. The smallest absolute Gasteiger partial charge is 0.122 e. The number of anilines is 2. The molecule has 0 unspecified atom stereocenters. The molecule has 0 atom stereocenters. The Hall–Kier alpha value is -2.20. The van der Waals surface area contributed by atoms with Crippen molar-refractivity contribution in [3.05, 3.63) is 53.6 Å². The summed E-state index contributed by atoms with van der Waals surface area (Å²) in [7, 11) is 1.62. The molecule has 0 aliphatic carbocycles. The number of aliphatic hydroxyl groups excluding tert-OH is 1. The minimum atomic E-state index is 0.0696. The molecule has 0 aromatic heterocycles. The Balaban J connectivity index is 2.03. The highest BCUT2D eigenvalue weighted by Crippen LogP contribution is 2.22. The first-order valence-electron chi connectivity index (χ1n) is 6.08. The molecular formula is C15H18N2O2. The monoisotopic (exact) mass is 258 g/mol. The van der Waals surface area contributed by atoms with E-state index in [-0.39, 0.29) is 6.61 Å². The summed E-state index contributed by atoms with van der Waals surface area (Å²) in [5.41, 5.74) is 9.43. The van der Waals surface area contributed by atoms with Crippen molar-refractivity contribution in [2.75, 3.05) is 18.2 Å². The van der Waals surface area contributed by atoms with Crippen molar-refractivity contribution < 1.29 is 9.84 Å². The van der Waals surface area contributed by atoms with Crippen LogP contribution in [0.3, 0.4) is 0 Å². The Morgan fingerprint density at radius 1 is 1.11 bits per heavy atom. The number of hydrogen-bond donors (Lipinski definition) is 3. The van der Waals surface area contributed by atoms with Gasteiger partial charge in [0.15, 0.2) is 0 Å². The Bertz CT molecular complexity index is 538. The Kier molecular flexibility index (Phi) is 4.26. The summed E-state index contributed by atoms with van der Waals surface area (Å²) in [5, 5.41) is 12.3. The topological polar surface area (TPSA) is 67.5 Å². The van der Waals surface area contributed by atoms with Crippen molar-refractivity contribution >= 4 is 11.4 Å². The lowest BCUT2D eigenvalue weighted by Crippen LogP contribution is -2.01. The molecule has 19 heavy (non-hydrogen) atoms. The molecule has 2 aromatic carbocycles. The summed E-state index contributed by atoms with van der Waals surface area (Å²) in [6.07, 6.45) is 0. The van der Waals surface area contributed by atoms with Crippen LogP contribution in [0.1, 0.15) is 11.1 Å². The lowest BCUT2D eigenvalue weighted by Gasteiger charge is -2.10. The molecule has 4 heteroatoms. The first-order valence-corrected chi connectivity index (χ1v) is 6.08. The first kappa shape index (κ1) is 13.2. The predicted octanol–water partition coefficient (Wildman–Crippen LogP) is 2.38. The quantitative estimate of drug-likeness (QED) is 0.720. The van der Waals surface area contributed by atoms with Crippen LogP contribution in [0.15, 0.2) is 42.5 Å². The molecule has 0 heterocycles. The second kappa shape index (κ2) is 6.11. The van der Waals surface area contributed by atoms with E-state index in [1.807, 2.05) is 36.4 Å². The van der Waals surface area contributed by atoms with Crippen molar-refractivity contribution in [2.24, 2.45) is 0 Å². The minimum Gasteiger partial charge on any atom is -0.497 e. The van der Waals surface area contributed by atoms with E-state index in [1.165, 1.54) is 0 Å². The number of aliphatic hydroxyl groups is 1. The van der Waals surface area contributed by atoms with E-state index in [1.54, 1.807) is 13.2 Å². The van der Waals surface area contributed by atoms with Crippen LogP contribution in [0.5, 0.6) is 5.75 Å². The fraction of sp³-hybridized carbons (Fsp3) is 0.200. The van der Waals surface area contributed by atoms with Gasteiger partial charge in [0.2, 0.25) is 0 Å². The van der Waals surface area contributed by atoms with Crippen LogP contribution in [-0.2, 0) is 13.2 Å². The van der Waals surface area contributed by atoms with Gasteiger partial charge in [-0.3, -0.25) is 0 Å². The number of nitrogens with one attached hydrogen (secondary N) is 1. The number of rotatable bonds is 5. The van der Waals surface area contributed by atoms with Gasteiger partial charge in [0, 0.05) is 30.1 Å². The average Bonchev–Trinajstić information content (AvgIpc) is 2.45. The molecule has 0 amide bonds. The zero-order valence-corrected chi connectivity index (χ0v) is 10.9. The van der Waals surface area contributed by atoms with E-state index in [4.69, 9.17) is 15.6 Å². The van der Waals surface area contributed by atoms with Crippen molar-refractivity contribution in [3.8, 4) is 5.75 Å². The molecule has 0 bridgehead atoms. The molecule has 100 valence electrons. The SMILES string of the molecule is COc1cc(N)cc(NCc2ccc(CO)cc2)c1. The van der Waals surface area contributed by atoms with Crippen molar-refractivity contribution in [1.29, 1.82) is 0 Å². The van der Waals surface area contributed by atoms with Gasteiger partial charge in [0.25, 0.3) is 0 Å². The average molecular weight is 258 g/mol. The largest absolute Gasteiger partial charge is 0.497 e. The maximum Gasteiger partial charge on any atom is 0.122 e. The van der Waals surface area contributed by atoms with Gasteiger partial charge < -0.3 is 20.9 Å². The summed E-state index contributed by atoms with van der Waals surface area (Å²) in [6.45, 7) is 0.762. The van der Waals surface area contributed by atoms with E-state index in [9.17, 15) is 0 Å². The molecule has 0 spiro atoms. The summed E-state index contributed by atoms with van der Waals surface area (Å²) in [6, 6.07) is 13.3. The molecule has 0 aliphatic heterocycles. The zero-order valence-electron chi connectivity index (χ0n) is 10.9. The van der Waals surface area contributed by atoms with Crippen molar-refractivity contribution in [3.63, 3.8) is 0 Å². The molecule has 4 N–H and O–H groups in total. The van der Waals surface area contributed by atoms with Gasteiger partial charge >= 0.3 is 0 Å². The standard InChI is InChI=1S/C15H18N2O2/c1-19-15-7-13(16)6-14(8-15)17-9-11-2-4-12(10-18)5-3-11/h2-8,17-18H,9-10,16H2,1H3. The van der Waals surface area contributed by atoms with Crippen LogP contribution in [0, 0.1) is 0 Å². The Labute approximate surface area is 112 Å². The lowest BCUT2D eigenvalue weighted by molar-refractivity contribution is 0.282. The van der Waals surface area contributed by atoms with E-state index < -0.39 is 0 Å². The normalized spacial score (nSPS) is 10.2. The maximum absolute atomic E-state index is 8.98. The molecule has 0 radical (unpaired) electrons. The van der Waals surface area contributed by atoms with Gasteiger partial charge in [-0.2, -0.15) is 0 Å². The summed E-state index contributed by atoms with van der Waals surface area (Å²) in [4.78, 5) is 0. The summed E-state index contributed by atoms with van der Waals surface area (Å²) in [5.74, 6) is 0.734. The third-order valence-corrected chi connectivity index (χ3v) is 2.87. The third kappa shape index (κ3) is 3.63. The highest BCUT2D eigenvalue weighted by molar-refractivity contribution is 5.59. The van der Waals surface area contributed by atoms with Crippen LogP contribution in [0.2, 0.25) is 0 Å². The summed E-state index contributed by atoms with van der Waals surface area (Å²) >= 11 is 0. The second-order valence-corrected chi connectivity index (χ2v) is 4.32. The van der Waals surface area contributed by atoms with E-state index in [0.717, 1.165) is 22.6 Å². The fourth-order valence-electron chi connectivity index (χ4n) is 1.81. The van der Waals surface area contributed by atoms with Gasteiger partial charge in [0.05, 0.1) is 13.7 Å². The molecule has 0 fully saturated rings. The van der Waals surface area contributed by atoms with Gasteiger partial charge in [-0.15, -0.1) is 0 Å². The van der Waals surface area contributed by atoms with E-state index in [2.05, 4.69) is 5.32 Å². The highest BCUT2D eigenvalue weighted by atomic mass is 16.5. The van der Waals surface area contributed by atoms with Crippen LogP contribution in [0.25, 0.3) is 0 Å². The molecule has 2 rings (SSSR count). The maximum atomic E-state index is 8.98. The number of methoxy groups -OCH3 is 1. The van der Waals surface area contributed by atoms with Crippen LogP contribution in [0.4, 0.5) is 11.4 Å². The minimum absolute atomic E-state index is 0.0696. The molecule has 0 saturated carbocycles. The van der Waals surface area contributed by atoms with Crippen molar-refractivity contribution in [2.45, 2.75) is 13.2 Å². The van der Waals surface area contributed by atoms with Crippen LogP contribution >= 0.6 is 0 Å². The fourth-order valence-corrected chi connectivity index (χ4v) is 1.81. The Morgan fingerprint density at radius 3 is 2.42 bits per heavy atom. The second-order valence-electron chi connectivity index (χ2n) is 4.32. The van der Waals surface area contributed by atoms with Gasteiger partial charge in [-0.25, -0.2) is 0 Å². The molecule has 0 aliphatic rings. The molecule has 0 saturated heterocycles. The number of nitrogens with two attached hydrogens (primary N) is 1. The van der Waals surface area contributed by atoms with E-state index >= 15 is 0 Å².